The Morgan fingerprint density at radius 1 is 1.39 bits per heavy atom. The minimum absolute atomic E-state index is 0.00999. The third-order valence-electron chi connectivity index (χ3n) is 3.30. The number of ketones is 1. The van der Waals surface area contributed by atoms with Crippen LogP contribution in [0.25, 0.3) is 0 Å². The van der Waals surface area contributed by atoms with Gasteiger partial charge >= 0.3 is 6.18 Å². The Bertz CT molecular complexity index is 514. The van der Waals surface area contributed by atoms with Gasteiger partial charge in [0.05, 0.1) is 5.69 Å². The number of halogens is 4. The molecular formula is C11H10ClF3N2O. The van der Waals surface area contributed by atoms with E-state index in [1.807, 2.05) is 0 Å². The van der Waals surface area contributed by atoms with Crippen molar-refractivity contribution >= 4 is 17.4 Å². The van der Waals surface area contributed by atoms with Gasteiger partial charge in [0.15, 0.2) is 0 Å². The topological polar surface area (TPSA) is 42.9 Å². The Labute approximate surface area is 106 Å². The fourth-order valence-electron chi connectivity index (χ4n) is 1.98. The molecule has 0 aromatic carbocycles. The zero-order chi connectivity index (χ0) is 13.7. The first-order valence-corrected chi connectivity index (χ1v) is 5.65. The van der Waals surface area contributed by atoms with Crippen molar-refractivity contribution in [2.75, 3.05) is 0 Å². The summed E-state index contributed by atoms with van der Waals surface area (Å²) in [6.45, 7) is 3.37. The van der Waals surface area contributed by atoms with Crippen LogP contribution in [0.4, 0.5) is 13.2 Å². The van der Waals surface area contributed by atoms with Crippen molar-refractivity contribution in [3.63, 3.8) is 0 Å². The molecule has 3 nitrogen and oxygen atoms in total. The molecule has 18 heavy (non-hydrogen) atoms. The maximum absolute atomic E-state index is 12.6. The van der Waals surface area contributed by atoms with E-state index in [9.17, 15) is 18.0 Å². The van der Waals surface area contributed by atoms with E-state index < -0.39 is 17.4 Å². The van der Waals surface area contributed by atoms with E-state index in [2.05, 4.69) is 9.97 Å². The number of nitrogens with zero attached hydrogens (tertiary/aromatic N) is 2. The number of alkyl halides is 3. The molecule has 1 aromatic heterocycles. The van der Waals surface area contributed by atoms with Crippen molar-refractivity contribution in [2.45, 2.75) is 32.4 Å². The van der Waals surface area contributed by atoms with Gasteiger partial charge in [0, 0.05) is 17.8 Å². The molecule has 0 aliphatic heterocycles. The van der Waals surface area contributed by atoms with Gasteiger partial charge in [-0.2, -0.15) is 13.2 Å². The molecule has 1 aliphatic rings. The van der Waals surface area contributed by atoms with Crippen LogP contribution in [-0.4, -0.2) is 15.8 Å². The Morgan fingerprint density at radius 2 is 2.00 bits per heavy atom. The normalized spacial score (nSPS) is 22.8. The van der Waals surface area contributed by atoms with Crippen LogP contribution >= 0.6 is 11.6 Å². The largest absolute Gasteiger partial charge is 0.451 e. The lowest BCUT2D eigenvalue weighted by atomic mass is 9.60. The van der Waals surface area contributed by atoms with Crippen LogP contribution in [0.1, 0.15) is 37.7 Å². The van der Waals surface area contributed by atoms with Crippen molar-refractivity contribution in [3.05, 3.63) is 22.7 Å². The van der Waals surface area contributed by atoms with E-state index in [0.29, 0.717) is 0 Å². The van der Waals surface area contributed by atoms with Gasteiger partial charge in [-0.15, -0.1) is 0 Å². The first-order chi connectivity index (χ1) is 8.12. The van der Waals surface area contributed by atoms with Gasteiger partial charge < -0.3 is 0 Å². The molecule has 98 valence electrons. The summed E-state index contributed by atoms with van der Waals surface area (Å²) in [5, 5.41) is -0.262. The van der Waals surface area contributed by atoms with E-state index in [4.69, 9.17) is 11.6 Å². The second-order valence-electron chi connectivity index (χ2n) is 4.84. The number of aromatic nitrogens is 2. The lowest BCUT2D eigenvalue weighted by molar-refractivity contribution is -0.145. The number of hydrogen-bond donors (Lipinski definition) is 0. The predicted molar refractivity (Wildman–Crippen MR) is 58.2 cm³/mol. The summed E-state index contributed by atoms with van der Waals surface area (Å²) in [5.74, 6) is -1.59. The van der Waals surface area contributed by atoms with E-state index in [1.165, 1.54) is 6.07 Å². The summed E-state index contributed by atoms with van der Waals surface area (Å²) in [6, 6.07) is 1.29. The van der Waals surface area contributed by atoms with Gasteiger partial charge in [-0.1, -0.05) is 25.4 Å². The van der Waals surface area contributed by atoms with Crippen LogP contribution in [0.3, 0.4) is 0 Å². The average Bonchev–Trinajstić information content (AvgIpc) is 2.23. The van der Waals surface area contributed by atoms with Crippen LogP contribution in [0.2, 0.25) is 5.15 Å². The smallest absolute Gasteiger partial charge is 0.299 e. The van der Waals surface area contributed by atoms with E-state index in [0.717, 1.165) is 0 Å². The molecule has 1 unspecified atom stereocenters. The fourth-order valence-corrected chi connectivity index (χ4v) is 2.17. The third kappa shape index (κ3) is 2.09. The zero-order valence-electron chi connectivity index (χ0n) is 9.68. The molecule has 1 aromatic rings. The molecule has 7 heteroatoms. The summed E-state index contributed by atoms with van der Waals surface area (Å²) in [7, 11) is 0. The standard InChI is InChI=1S/C11H10ClF3N2O/c1-10(2)5(3-7(10)18)6-4-8(12)17-9(16-6)11(13,14)15/h4-5H,3H2,1-2H3. The number of carbonyl (C=O) groups is 1. The van der Waals surface area contributed by atoms with E-state index in [1.54, 1.807) is 13.8 Å². The quantitative estimate of drug-likeness (QED) is 0.741. The Balaban J connectivity index is 2.42. The molecule has 1 heterocycles. The minimum atomic E-state index is -4.64. The van der Waals surface area contributed by atoms with Crippen molar-refractivity contribution in [2.24, 2.45) is 5.41 Å². The highest BCUT2D eigenvalue weighted by Crippen LogP contribution is 2.49. The fraction of sp³-hybridized carbons (Fsp3) is 0.545. The molecule has 1 fully saturated rings. The second kappa shape index (κ2) is 3.91. The van der Waals surface area contributed by atoms with Crippen LogP contribution in [0, 0.1) is 5.41 Å². The van der Waals surface area contributed by atoms with E-state index in [-0.39, 0.29) is 29.0 Å². The molecule has 0 spiro atoms. The van der Waals surface area contributed by atoms with Crippen molar-refractivity contribution in [1.82, 2.24) is 9.97 Å². The summed E-state index contributed by atoms with van der Waals surface area (Å²) < 4.78 is 37.7. The lowest BCUT2D eigenvalue weighted by Crippen LogP contribution is -2.44. The number of rotatable bonds is 1. The van der Waals surface area contributed by atoms with Gasteiger partial charge in [0.1, 0.15) is 10.9 Å². The second-order valence-corrected chi connectivity index (χ2v) is 5.23. The number of Topliss-reactive ketones (excluding diaryl/α,β-unsaturated/α-hetero) is 1. The SMILES string of the molecule is CC1(C)C(=O)CC1c1cc(Cl)nc(C(F)(F)F)n1. The maximum atomic E-state index is 12.6. The molecule has 0 saturated heterocycles. The van der Waals surface area contributed by atoms with Crippen molar-refractivity contribution in [1.29, 1.82) is 0 Å². The van der Waals surface area contributed by atoms with Gasteiger partial charge in [-0.3, -0.25) is 4.79 Å². The van der Waals surface area contributed by atoms with Crippen LogP contribution in [-0.2, 0) is 11.0 Å². The molecular weight excluding hydrogens is 269 g/mol. The Hall–Kier alpha value is -1.17. The zero-order valence-corrected chi connectivity index (χ0v) is 10.4. The Morgan fingerprint density at radius 3 is 2.44 bits per heavy atom. The molecule has 2 rings (SSSR count). The van der Waals surface area contributed by atoms with Crippen LogP contribution < -0.4 is 0 Å². The van der Waals surface area contributed by atoms with Gasteiger partial charge in [-0.25, -0.2) is 9.97 Å². The highest BCUT2D eigenvalue weighted by molar-refractivity contribution is 6.29. The van der Waals surface area contributed by atoms with Gasteiger partial charge in [0.2, 0.25) is 5.82 Å². The minimum Gasteiger partial charge on any atom is -0.299 e. The molecule has 0 radical (unpaired) electrons. The molecule has 1 aliphatic carbocycles. The van der Waals surface area contributed by atoms with E-state index >= 15 is 0 Å². The summed E-state index contributed by atoms with van der Waals surface area (Å²) >= 11 is 5.57. The summed E-state index contributed by atoms with van der Waals surface area (Å²) in [6.07, 6.45) is -4.45. The van der Waals surface area contributed by atoms with Crippen molar-refractivity contribution in [3.8, 4) is 0 Å². The van der Waals surface area contributed by atoms with Crippen LogP contribution in [0.5, 0.6) is 0 Å². The monoisotopic (exact) mass is 278 g/mol. The number of carbonyl (C=O) groups excluding carboxylic acids is 1. The molecule has 0 bridgehead atoms. The maximum Gasteiger partial charge on any atom is 0.451 e. The van der Waals surface area contributed by atoms with Crippen molar-refractivity contribution < 1.29 is 18.0 Å². The first kappa shape index (κ1) is 13.3. The summed E-state index contributed by atoms with van der Waals surface area (Å²) in [4.78, 5) is 18.0. The third-order valence-corrected chi connectivity index (χ3v) is 3.50. The van der Waals surface area contributed by atoms with Gasteiger partial charge in [-0.05, 0) is 6.07 Å². The van der Waals surface area contributed by atoms with Gasteiger partial charge in [0.25, 0.3) is 0 Å². The first-order valence-electron chi connectivity index (χ1n) is 5.27. The molecule has 0 N–H and O–H groups in total. The predicted octanol–water partition coefficient (Wildman–Crippen LogP) is 3.23. The number of hydrogen-bond acceptors (Lipinski definition) is 3. The highest BCUT2D eigenvalue weighted by Gasteiger charge is 2.49. The molecule has 1 saturated carbocycles. The molecule has 1 atom stereocenters. The summed E-state index contributed by atoms with van der Waals surface area (Å²) in [5.41, 5.74) is -0.521. The Kier molecular flexibility index (Phi) is 2.88. The lowest BCUT2D eigenvalue weighted by Gasteiger charge is -2.42. The molecule has 0 amide bonds. The highest BCUT2D eigenvalue weighted by atomic mass is 35.5. The average molecular weight is 279 g/mol. The van der Waals surface area contributed by atoms with Crippen LogP contribution in [0.15, 0.2) is 6.07 Å².